The van der Waals surface area contributed by atoms with Gasteiger partial charge in [-0.2, -0.15) is 0 Å². The fourth-order valence-electron chi connectivity index (χ4n) is 2.10. The highest BCUT2D eigenvalue weighted by Gasteiger charge is 2.33. The monoisotopic (exact) mass is 229 g/mol. The van der Waals surface area contributed by atoms with E-state index in [0.29, 0.717) is 11.6 Å². The Hall–Kier alpha value is -1.91. The fraction of sp³-hybridized carbons (Fsp3) is 0.417. The highest BCUT2D eigenvalue weighted by molar-refractivity contribution is 5.70. The van der Waals surface area contributed by atoms with Crippen LogP contribution in [-0.4, -0.2) is 20.2 Å². The number of benzene rings is 1. The summed E-state index contributed by atoms with van der Waals surface area (Å²) in [6.45, 7) is 3.14. The van der Waals surface area contributed by atoms with Crippen LogP contribution in [0.4, 0.5) is 5.69 Å². The van der Waals surface area contributed by atoms with Crippen molar-refractivity contribution in [2.45, 2.75) is 19.9 Å². The minimum atomic E-state index is 0.710. The lowest BCUT2D eigenvalue weighted by Crippen LogP contribution is -2.06. The SMILES string of the molecule is CC1CC1Cn1nnnc1-c1ccccc1N. The molecule has 0 bridgehead atoms. The summed E-state index contributed by atoms with van der Waals surface area (Å²) in [6.07, 6.45) is 1.27. The van der Waals surface area contributed by atoms with Crippen molar-refractivity contribution in [3.8, 4) is 11.4 Å². The van der Waals surface area contributed by atoms with Crippen LogP contribution in [0.1, 0.15) is 13.3 Å². The van der Waals surface area contributed by atoms with E-state index in [0.717, 1.165) is 23.9 Å². The van der Waals surface area contributed by atoms with Crippen LogP contribution in [0.15, 0.2) is 24.3 Å². The first kappa shape index (κ1) is 10.3. The summed E-state index contributed by atoms with van der Waals surface area (Å²) in [5.74, 6) is 2.27. The van der Waals surface area contributed by atoms with Crippen LogP contribution in [-0.2, 0) is 6.54 Å². The molecule has 2 N–H and O–H groups in total. The fourth-order valence-corrected chi connectivity index (χ4v) is 2.10. The minimum Gasteiger partial charge on any atom is -0.398 e. The number of nitrogen functional groups attached to an aromatic ring is 1. The molecule has 17 heavy (non-hydrogen) atoms. The summed E-state index contributed by atoms with van der Waals surface area (Å²) in [4.78, 5) is 0. The van der Waals surface area contributed by atoms with Gasteiger partial charge in [0.1, 0.15) is 0 Å². The van der Waals surface area contributed by atoms with Crippen molar-refractivity contribution in [2.24, 2.45) is 11.8 Å². The summed E-state index contributed by atoms with van der Waals surface area (Å²) in [6, 6.07) is 7.68. The van der Waals surface area contributed by atoms with Gasteiger partial charge < -0.3 is 5.73 Å². The van der Waals surface area contributed by atoms with E-state index in [1.165, 1.54) is 6.42 Å². The summed E-state index contributed by atoms with van der Waals surface area (Å²) in [7, 11) is 0. The first-order valence-electron chi connectivity index (χ1n) is 5.86. The van der Waals surface area contributed by atoms with E-state index in [4.69, 9.17) is 5.73 Å². The van der Waals surface area contributed by atoms with Crippen LogP contribution in [0.2, 0.25) is 0 Å². The molecule has 5 nitrogen and oxygen atoms in total. The molecule has 0 aliphatic heterocycles. The van der Waals surface area contributed by atoms with E-state index in [1.807, 2.05) is 28.9 Å². The zero-order valence-corrected chi connectivity index (χ0v) is 9.74. The standard InChI is InChI=1S/C12H15N5/c1-8-6-9(8)7-17-12(14-15-16-17)10-4-2-3-5-11(10)13/h2-5,8-9H,6-7,13H2,1H3. The van der Waals surface area contributed by atoms with Gasteiger partial charge in [0.05, 0.1) is 0 Å². The Balaban J connectivity index is 1.93. The van der Waals surface area contributed by atoms with E-state index < -0.39 is 0 Å². The van der Waals surface area contributed by atoms with Crippen molar-refractivity contribution < 1.29 is 0 Å². The average molecular weight is 229 g/mol. The Morgan fingerprint density at radius 3 is 2.88 bits per heavy atom. The number of nitrogens with two attached hydrogens (primary N) is 1. The highest BCUT2D eigenvalue weighted by atomic mass is 15.5. The second-order valence-corrected chi connectivity index (χ2v) is 4.74. The van der Waals surface area contributed by atoms with Crippen LogP contribution in [0.3, 0.4) is 0 Å². The number of nitrogens with zero attached hydrogens (tertiary/aromatic N) is 4. The van der Waals surface area contributed by atoms with E-state index in [-0.39, 0.29) is 0 Å². The molecule has 1 saturated carbocycles. The lowest BCUT2D eigenvalue weighted by molar-refractivity contribution is 0.528. The third-order valence-electron chi connectivity index (χ3n) is 3.42. The molecule has 1 fully saturated rings. The maximum absolute atomic E-state index is 5.95. The number of hydrogen-bond donors (Lipinski definition) is 1. The zero-order chi connectivity index (χ0) is 11.8. The summed E-state index contributed by atoms with van der Waals surface area (Å²) in [5.41, 5.74) is 7.57. The second kappa shape index (κ2) is 3.84. The Morgan fingerprint density at radius 2 is 2.18 bits per heavy atom. The normalized spacial score (nSPS) is 22.6. The molecule has 2 aromatic rings. The summed E-state index contributed by atoms with van der Waals surface area (Å²) in [5, 5.41) is 11.9. The molecular weight excluding hydrogens is 214 g/mol. The predicted molar refractivity (Wildman–Crippen MR) is 64.9 cm³/mol. The molecule has 1 aromatic heterocycles. The number of tetrazole rings is 1. The lowest BCUT2D eigenvalue weighted by Gasteiger charge is -2.05. The van der Waals surface area contributed by atoms with Gasteiger partial charge in [0.25, 0.3) is 0 Å². The maximum Gasteiger partial charge on any atom is 0.184 e. The first-order chi connectivity index (χ1) is 8.25. The number of anilines is 1. The van der Waals surface area contributed by atoms with Crippen molar-refractivity contribution >= 4 is 5.69 Å². The van der Waals surface area contributed by atoms with Crippen molar-refractivity contribution in [1.82, 2.24) is 20.2 Å². The quantitative estimate of drug-likeness (QED) is 0.811. The maximum atomic E-state index is 5.95. The van der Waals surface area contributed by atoms with Crippen molar-refractivity contribution in [3.05, 3.63) is 24.3 Å². The van der Waals surface area contributed by atoms with Gasteiger partial charge in [0.15, 0.2) is 5.82 Å². The molecule has 1 aliphatic rings. The number of rotatable bonds is 3. The van der Waals surface area contributed by atoms with E-state index in [1.54, 1.807) is 0 Å². The highest BCUT2D eigenvalue weighted by Crippen LogP contribution is 2.39. The van der Waals surface area contributed by atoms with E-state index in [2.05, 4.69) is 22.4 Å². The second-order valence-electron chi connectivity index (χ2n) is 4.74. The van der Waals surface area contributed by atoms with Gasteiger partial charge in [-0.05, 0) is 40.8 Å². The zero-order valence-electron chi connectivity index (χ0n) is 9.74. The van der Waals surface area contributed by atoms with Crippen molar-refractivity contribution in [1.29, 1.82) is 0 Å². The van der Waals surface area contributed by atoms with Crippen LogP contribution in [0.25, 0.3) is 11.4 Å². The van der Waals surface area contributed by atoms with Gasteiger partial charge in [0, 0.05) is 17.8 Å². The van der Waals surface area contributed by atoms with Gasteiger partial charge >= 0.3 is 0 Å². The smallest absolute Gasteiger partial charge is 0.184 e. The molecular formula is C12H15N5. The Morgan fingerprint density at radius 1 is 1.41 bits per heavy atom. The molecule has 0 saturated heterocycles. The molecule has 0 radical (unpaired) electrons. The minimum absolute atomic E-state index is 0.710. The van der Waals surface area contributed by atoms with Crippen molar-refractivity contribution in [2.75, 3.05) is 5.73 Å². The molecule has 3 rings (SSSR count). The van der Waals surface area contributed by atoms with Gasteiger partial charge in [-0.1, -0.05) is 19.1 Å². The Bertz CT molecular complexity index is 533. The van der Waals surface area contributed by atoms with E-state index in [9.17, 15) is 0 Å². The number of para-hydroxylation sites is 1. The first-order valence-corrected chi connectivity index (χ1v) is 5.86. The van der Waals surface area contributed by atoms with E-state index >= 15 is 0 Å². The van der Waals surface area contributed by atoms with Gasteiger partial charge in [-0.15, -0.1) is 5.10 Å². The van der Waals surface area contributed by atoms with Crippen LogP contribution in [0.5, 0.6) is 0 Å². The molecule has 88 valence electrons. The topological polar surface area (TPSA) is 69.6 Å². The molecule has 1 aliphatic carbocycles. The summed E-state index contributed by atoms with van der Waals surface area (Å²) < 4.78 is 1.86. The molecule has 5 heteroatoms. The summed E-state index contributed by atoms with van der Waals surface area (Å²) >= 11 is 0. The van der Waals surface area contributed by atoms with Crippen LogP contribution in [0, 0.1) is 11.8 Å². The van der Waals surface area contributed by atoms with Crippen molar-refractivity contribution in [3.63, 3.8) is 0 Å². The molecule has 2 unspecified atom stereocenters. The molecule has 1 aromatic carbocycles. The third kappa shape index (κ3) is 1.88. The number of aromatic nitrogens is 4. The average Bonchev–Trinajstić information content (AvgIpc) is 2.83. The third-order valence-corrected chi connectivity index (χ3v) is 3.42. The Kier molecular flexibility index (Phi) is 2.31. The molecule has 0 spiro atoms. The van der Waals surface area contributed by atoms with Crippen LogP contribution < -0.4 is 5.73 Å². The lowest BCUT2D eigenvalue weighted by atomic mass is 10.1. The van der Waals surface area contributed by atoms with Gasteiger partial charge in [-0.25, -0.2) is 4.68 Å². The predicted octanol–water partition coefficient (Wildman–Crippen LogP) is 1.58. The molecule has 2 atom stereocenters. The van der Waals surface area contributed by atoms with Gasteiger partial charge in [0.2, 0.25) is 0 Å². The van der Waals surface area contributed by atoms with Crippen LogP contribution >= 0.6 is 0 Å². The molecule has 1 heterocycles. The van der Waals surface area contributed by atoms with Gasteiger partial charge in [-0.3, -0.25) is 0 Å². The molecule has 0 amide bonds. The Labute approximate surface area is 99.6 Å². The number of hydrogen-bond acceptors (Lipinski definition) is 4. The largest absolute Gasteiger partial charge is 0.398 e.